The number of rotatable bonds is 1. The summed E-state index contributed by atoms with van der Waals surface area (Å²) in [7, 11) is 1.53. The largest absolute Gasteiger partial charge is 0.478 e. The zero-order valence-corrected chi connectivity index (χ0v) is 7.98. The van der Waals surface area contributed by atoms with Crippen molar-refractivity contribution in [3.63, 3.8) is 0 Å². The summed E-state index contributed by atoms with van der Waals surface area (Å²) in [5.41, 5.74) is 7.05. The summed E-state index contributed by atoms with van der Waals surface area (Å²) in [4.78, 5) is 4.16. The third-order valence-electron chi connectivity index (χ3n) is 1.99. The van der Waals surface area contributed by atoms with Crippen LogP contribution in [0.5, 0.6) is 5.88 Å². The van der Waals surface area contributed by atoms with E-state index in [1.807, 2.05) is 13.0 Å². The highest BCUT2D eigenvalue weighted by molar-refractivity contribution is 5.85. The molecule has 0 bridgehead atoms. The second-order valence-electron chi connectivity index (χ2n) is 2.93. The molecular formula is C9H10N4O. The minimum absolute atomic E-state index is 0.401. The Morgan fingerprint density at radius 3 is 2.79 bits per heavy atom. The number of methoxy groups -OCH3 is 1. The van der Waals surface area contributed by atoms with Crippen LogP contribution in [0, 0.1) is 6.92 Å². The number of hydrogen-bond acceptors (Lipinski definition) is 5. The Bertz CT molecular complexity index is 483. The summed E-state index contributed by atoms with van der Waals surface area (Å²) in [5.74, 6) is 0.848. The number of pyridine rings is 1. The van der Waals surface area contributed by atoms with Crippen molar-refractivity contribution in [2.45, 2.75) is 6.92 Å². The maximum atomic E-state index is 5.58. The standard InChI is InChI=1S/C9H10N4O/c1-5-6-3-4-7(10)11-8(6)9(14-2)13-12-5/h3-4H,1-2H3,(H2,10,11). The molecule has 5 nitrogen and oxygen atoms in total. The van der Waals surface area contributed by atoms with Crippen LogP contribution in [0.2, 0.25) is 0 Å². The van der Waals surface area contributed by atoms with E-state index in [-0.39, 0.29) is 0 Å². The van der Waals surface area contributed by atoms with Gasteiger partial charge in [0.25, 0.3) is 5.88 Å². The van der Waals surface area contributed by atoms with Crippen LogP contribution in [-0.4, -0.2) is 22.3 Å². The first kappa shape index (κ1) is 8.68. The zero-order valence-electron chi connectivity index (χ0n) is 7.98. The van der Waals surface area contributed by atoms with Gasteiger partial charge in [0.05, 0.1) is 12.8 Å². The number of ether oxygens (including phenoxy) is 1. The molecule has 0 aromatic carbocycles. The van der Waals surface area contributed by atoms with E-state index in [0.29, 0.717) is 17.2 Å². The molecule has 2 heterocycles. The van der Waals surface area contributed by atoms with Crippen molar-refractivity contribution in [2.75, 3.05) is 12.8 Å². The first-order valence-corrected chi connectivity index (χ1v) is 4.16. The molecule has 0 aliphatic heterocycles. The fourth-order valence-electron chi connectivity index (χ4n) is 1.29. The van der Waals surface area contributed by atoms with E-state index in [2.05, 4.69) is 15.2 Å². The molecule has 0 atom stereocenters. The van der Waals surface area contributed by atoms with Gasteiger partial charge in [-0.2, -0.15) is 5.10 Å². The number of aromatic nitrogens is 3. The summed E-state index contributed by atoms with van der Waals surface area (Å²) >= 11 is 0. The van der Waals surface area contributed by atoms with E-state index in [0.717, 1.165) is 11.1 Å². The van der Waals surface area contributed by atoms with Crippen LogP contribution in [0.15, 0.2) is 12.1 Å². The van der Waals surface area contributed by atoms with Crippen molar-refractivity contribution in [3.8, 4) is 5.88 Å². The first-order chi connectivity index (χ1) is 6.72. The molecule has 0 radical (unpaired) electrons. The van der Waals surface area contributed by atoms with Crippen molar-refractivity contribution in [1.29, 1.82) is 0 Å². The molecular weight excluding hydrogens is 180 g/mol. The van der Waals surface area contributed by atoms with Gasteiger partial charge in [0, 0.05) is 5.39 Å². The maximum Gasteiger partial charge on any atom is 0.260 e. The van der Waals surface area contributed by atoms with Crippen molar-refractivity contribution >= 4 is 16.7 Å². The molecule has 0 aliphatic carbocycles. The van der Waals surface area contributed by atoms with E-state index in [1.54, 1.807) is 6.07 Å². The Labute approximate surface area is 80.9 Å². The van der Waals surface area contributed by atoms with Crippen LogP contribution in [-0.2, 0) is 0 Å². The van der Waals surface area contributed by atoms with Crippen LogP contribution in [0.4, 0.5) is 5.82 Å². The molecule has 0 saturated carbocycles. The molecule has 0 aliphatic rings. The monoisotopic (exact) mass is 190 g/mol. The van der Waals surface area contributed by atoms with E-state index < -0.39 is 0 Å². The Morgan fingerprint density at radius 2 is 2.07 bits per heavy atom. The van der Waals surface area contributed by atoms with Gasteiger partial charge in [0.15, 0.2) is 0 Å². The van der Waals surface area contributed by atoms with Gasteiger partial charge in [0.2, 0.25) is 0 Å². The molecule has 14 heavy (non-hydrogen) atoms. The number of nitrogens with two attached hydrogens (primary N) is 1. The normalized spacial score (nSPS) is 10.4. The highest BCUT2D eigenvalue weighted by Gasteiger charge is 2.08. The Kier molecular flexibility index (Phi) is 1.92. The summed E-state index contributed by atoms with van der Waals surface area (Å²) in [5, 5.41) is 8.74. The van der Waals surface area contributed by atoms with Crippen LogP contribution in [0.3, 0.4) is 0 Å². The zero-order chi connectivity index (χ0) is 10.1. The van der Waals surface area contributed by atoms with Gasteiger partial charge in [-0.1, -0.05) is 0 Å². The topological polar surface area (TPSA) is 73.9 Å². The average molecular weight is 190 g/mol. The molecule has 0 amide bonds. The lowest BCUT2D eigenvalue weighted by molar-refractivity contribution is 0.396. The smallest absolute Gasteiger partial charge is 0.260 e. The molecule has 0 saturated heterocycles. The van der Waals surface area contributed by atoms with Gasteiger partial charge in [-0.15, -0.1) is 5.10 Å². The Morgan fingerprint density at radius 1 is 1.29 bits per heavy atom. The second-order valence-corrected chi connectivity index (χ2v) is 2.93. The van der Waals surface area contributed by atoms with Gasteiger partial charge in [-0.05, 0) is 19.1 Å². The van der Waals surface area contributed by atoms with E-state index in [9.17, 15) is 0 Å². The third kappa shape index (κ3) is 1.22. The van der Waals surface area contributed by atoms with Crippen molar-refractivity contribution in [2.24, 2.45) is 0 Å². The summed E-state index contributed by atoms with van der Waals surface area (Å²) in [6, 6.07) is 3.60. The number of nitrogen functional groups attached to an aromatic ring is 1. The Balaban J connectivity index is 2.85. The van der Waals surface area contributed by atoms with E-state index in [4.69, 9.17) is 10.5 Å². The lowest BCUT2D eigenvalue weighted by atomic mass is 10.2. The molecule has 2 aromatic rings. The third-order valence-corrected chi connectivity index (χ3v) is 1.99. The van der Waals surface area contributed by atoms with Crippen LogP contribution in [0.1, 0.15) is 5.69 Å². The first-order valence-electron chi connectivity index (χ1n) is 4.16. The number of nitrogens with zero attached hydrogens (tertiary/aromatic N) is 3. The lowest BCUT2D eigenvalue weighted by Gasteiger charge is -2.04. The predicted octanol–water partition coefficient (Wildman–Crippen LogP) is 0.924. The van der Waals surface area contributed by atoms with E-state index in [1.165, 1.54) is 7.11 Å². The number of aryl methyl sites for hydroxylation is 1. The molecule has 2 aromatic heterocycles. The van der Waals surface area contributed by atoms with Crippen LogP contribution in [0.25, 0.3) is 10.9 Å². The number of hydrogen-bond donors (Lipinski definition) is 1. The molecule has 0 spiro atoms. The van der Waals surface area contributed by atoms with Crippen molar-refractivity contribution < 1.29 is 4.74 Å². The highest BCUT2D eigenvalue weighted by atomic mass is 16.5. The van der Waals surface area contributed by atoms with Gasteiger partial charge in [-0.3, -0.25) is 0 Å². The molecule has 0 unspecified atom stereocenters. The molecule has 0 fully saturated rings. The predicted molar refractivity (Wildman–Crippen MR) is 53.0 cm³/mol. The number of fused-ring (bicyclic) bond motifs is 1. The number of anilines is 1. The fraction of sp³-hybridized carbons (Fsp3) is 0.222. The summed E-state index contributed by atoms with van der Waals surface area (Å²) in [6.07, 6.45) is 0. The van der Waals surface area contributed by atoms with Gasteiger partial charge < -0.3 is 10.5 Å². The molecule has 72 valence electrons. The second kappa shape index (κ2) is 3.10. The summed E-state index contributed by atoms with van der Waals surface area (Å²) in [6.45, 7) is 1.87. The average Bonchev–Trinajstić information content (AvgIpc) is 2.18. The van der Waals surface area contributed by atoms with Gasteiger partial charge in [0.1, 0.15) is 11.3 Å². The van der Waals surface area contributed by atoms with Crippen molar-refractivity contribution in [3.05, 3.63) is 17.8 Å². The molecule has 5 heteroatoms. The van der Waals surface area contributed by atoms with Gasteiger partial charge in [-0.25, -0.2) is 4.98 Å². The van der Waals surface area contributed by atoms with Gasteiger partial charge >= 0.3 is 0 Å². The van der Waals surface area contributed by atoms with Crippen molar-refractivity contribution in [1.82, 2.24) is 15.2 Å². The minimum atomic E-state index is 0.401. The van der Waals surface area contributed by atoms with Crippen LogP contribution >= 0.6 is 0 Å². The quantitative estimate of drug-likeness (QED) is 0.723. The maximum absolute atomic E-state index is 5.58. The fourth-order valence-corrected chi connectivity index (χ4v) is 1.29. The summed E-state index contributed by atoms with van der Waals surface area (Å²) < 4.78 is 5.05. The minimum Gasteiger partial charge on any atom is -0.478 e. The Hall–Kier alpha value is -1.91. The van der Waals surface area contributed by atoms with Crippen LogP contribution < -0.4 is 10.5 Å². The molecule has 2 N–H and O–H groups in total. The molecule has 2 rings (SSSR count). The highest BCUT2D eigenvalue weighted by Crippen LogP contribution is 2.22. The SMILES string of the molecule is COc1nnc(C)c2ccc(N)nc12. The van der Waals surface area contributed by atoms with E-state index >= 15 is 0 Å². The lowest BCUT2D eigenvalue weighted by Crippen LogP contribution is -1.98.